The number of H-pyrrole nitrogens is 1. The lowest BCUT2D eigenvalue weighted by Gasteiger charge is -2.39. The largest absolute Gasteiger partial charge is 0.361 e. The first kappa shape index (κ1) is 14.1. The van der Waals surface area contributed by atoms with E-state index in [1.54, 1.807) is 0 Å². The molecule has 1 amide bonds. The molecular formula is C16H22N4O. The Balaban J connectivity index is 1.76. The van der Waals surface area contributed by atoms with Crippen molar-refractivity contribution in [1.82, 2.24) is 14.8 Å². The van der Waals surface area contributed by atoms with E-state index in [0.717, 1.165) is 36.1 Å². The van der Waals surface area contributed by atoms with Gasteiger partial charge in [-0.2, -0.15) is 0 Å². The van der Waals surface area contributed by atoms with E-state index in [9.17, 15) is 4.79 Å². The van der Waals surface area contributed by atoms with Crippen molar-refractivity contribution in [3.05, 3.63) is 36.0 Å². The number of fused-ring (bicyclic) bond motifs is 1. The van der Waals surface area contributed by atoms with Crippen LogP contribution in [0.5, 0.6) is 0 Å². The molecule has 112 valence electrons. The van der Waals surface area contributed by atoms with Crippen LogP contribution in [-0.2, 0) is 11.2 Å². The van der Waals surface area contributed by atoms with Crippen LogP contribution < -0.4 is 5.73 Å². The molecule has 1 atom stereocenters. The van der Waals surface area contributed by atoms with Gasteiger partial charge in [0.15, 0.2) is 0 Å². The monoisotopic (exact) mass is 286 g/mol. The van der Waals surface area contributed by atoms with Gasteiger partial charge < -0.3 is 20.5 Å². The molecule has 0 radical (unpaired) electrons. The van der Waals surface area contributed by atoms with Gasteiger partial charge in [-0.05, 0) is 18.7 Å². The van der Waals surface area contributed by atoms with Gasteiger partial charge in [0.2, 0.25) is 5.91 Å². The smallest absolute Gasteiger partial charge is 0.227 e. The van der Waals surface area contributed by atoms with E-state index in [1.165, 1.54) is 0 Å². The quantitative estimate of drug-likeness (QED) is 0.877. The first-order valence-electron chi connectivity index (χ1n) is 7.42. The summed E-state index contributed by atoms with van der Waals surface area (Å²) in [6.45, 7) is 3.05. The van der Waals surface area contributed by atoms with Crippen molar-refractivity contribution in [2.45, 2.75) is 12.5 Å². The normalized spacial score (nSPS) is 20.1. The highest BCUT2D eigenvalue weighted by Crippen LogP contribution is 2.19. The van der Waals surface area contributed by atoms with Crippen molar-refractivity contribution in [3.8, 4) is 0 Å². The molecule has 3 rings (SSSR count). The van der Waals surface area contributed by atoms with E-state index in [2.05, 4.69) is 23.0 Å². The molecule has 1 saturated heterocycles. The molecule has 0 spiro atoms. The van der Waals surface area contributed by atoms with E-state index >= 15 is 0 Å². The van der Waals surface area contributed by atoms with Crippen LogP contribution in [0.2, 0.25) is 0 Å². The van der Waals surface area contributed by atoms with Gasteiger partial charge in [0.25, 0.3) is 0 Å². The molecule has 1 fully saturated rings. The second kappa shape index (κ2) is 5.87. The minimum atomic E-state index is 0.126. The third kappa shape index (κ3) is 2.80. The minimum absolute atomic E-state index is 0.126. The van der Waals surface area contributed by atoms with Gasteiger partial charge in [-0.15, -0.1) is 0 Å². The molecule has 21 heavy (non-hydrogen) atoms. The lowest BCUT2D eigenvalue weighted by Crippen LogP contribution is -2.57. The lowest BCUT2D eigenvalue weighted by atomic mass is 10.1. The van der Waals surface area contributed by atoms with Crippen LogP contribution in [0.25, 0.3) is 10.9 Å². The van der Waals surface area contributed by atoms with Gasteiger partial charge in [-0.1, -0.05) is 18.2 Å². The molecule has 1 unspecified atom stereocenters. The summed E-state index contributed by atoms with van der Waals surface area (Å²) < 4.78 is 0. The maximum Gasteiger partial charge on any atom is 0.227 e. The number of piperazine rings is 1. The molecule has 2 heterocycles. The number of amides is 1. The Morgan fingerprint density at radius 2 is 2.19 bits per heavy atom. The molecule has 1 aliphatic heterocycles. The van der Waals surface area contributed by atoms with E-state index in [0.29, 0.717) is 13.0 Å². The van der Waals surface area contributed by atoms with Crippen LogP contribution in [0.3, 0.4) is 0 Å². The predicted octanol–water partition coefficient (Wildman–Crippen LogP) is 0.812. The molecule has 1 aromatic carbocycles. The third-order valence-electron chi connectivity index (χ3n) is 4.29. The van der Waals surface area contributed by atoms with Gasteiger partial charge in [-0.3, -0.25) is 4.79 Å². The molecule has 0 bridgehead atoms. The zero-order valence-electron chi connectivity index (χ0n) is 12.4. The first-order valence-corrected chi connectivity index (χ1v) is 7.42. The Bertz CT molecular complexity index is 636. The maximum atomic E-state index is 12.6. The Morgan fingerprint density at radius 3 is 3.00 bits per heavy atom. The van der Waals surface area contributed by atoms with E-state index in [1.807, 2.05) is 29.3 Å². The summed E-state index contributed by atoms with van der Waals surface area (Å²) in [5, 5.41) is 1.13. The molecule has 0 saturated carbocycles. The number of hydrogen-bond acceptors (Lipinski definition) is 3. The number of nitrogens with one attached hydrogen (secondary N) is 1. The molecular weight excluding hydrogens is 264 g/mol. The number of nitrogens with two attached hydrogens (primary N) is 1. The third-order valence-corrected chi connectivity index (χ3v) is 4.29. The lowest BCUT2D eigenvalue weighted by molar-refractivity contribution is -0.134. The van der Waals surface area contributed by atoms with Crippen molar-refractivity contribution in [2.75, 3.05) is 33.2 Å². The second-order valence-corrected chi connectivity index (χ2v) is 5.78. The Kier molecular flexibility index (Phi) is 3.94. The fraction of sp³-hybridized carbons (Fsp3) is 0.438. The first-order chi connectivity index (χ1) is 10.2. The average molecular weight is 286 g/mol. The number of aromatic nitrogens is 1. The summed E-state index contributed by atoms with van der Waals surface area (Å²) in [4.78, 5) is 20.0. The Hall–Kier alpha value is -1.85. The van der Waals surface area contributed by atoms with E-state index < -0.39 is 0 Å². The van der Waals surface area contributed by atoms with Crippen molar-refractivity contribution in [3.63, 3.8) is 0 Å². The van der Waals surface area contributed by atoms with Crippen LogP contribution in [0.15, 0.2) is 30.5 Å². The van der Waals surface area contributed by atoms with Gasteiger partial charge in [0.05, 0.1) is 12.5 Å². The highest BCUT2D eigenvalue weighted by molar-refractivity contribution is 5.89. The van der Waals surface area contributed by atoms with Crippen LogP contribution in [0.1, 0.15) is 5.56 Å². The van der Waals surface area contributed by atoms with Gasteiger partial charge >= 0.3 is 0 Å². The van der Waals surface area contributed by atoms with Crippen LogP contribution in [-0.4, -0.2) is 60.0 Å². The van der Waals surface area contributed by atoms with Crippen molar-refractivity contribution in [2.24, 2.45) is 5.73 Å². The molecule has 3 N–H and O–H groups in total. The number of para-hydroxylation sites is 1. The SMILES string of the molecule is CN1CCN(C(=O)Cc2c[nH]c3ccccc23)C(CN)C1. The molecule has 0 aliphatic carbocycles. The number of hydrogen-bond donors (Lipinski definition) is 2. The van der Waals surface area contributed by atoms with Crippen LogP contribution in [0, 0.1) is 0 Å². The number of carbonyl (C=O) groups is 1. The number of carbonyl (C=O) groups excluding carboxylic acids is 1. The summed E-state index contributed by atoms with van der Waals surface area (Å²) in [7, 11) is 2.07. The maximum absolute atomic E-state index is 12.6. The number of benzene rings is 1. The van der Waals surface area contributed by atoms with E-state index in [-0.39, 0.29) is 11.9 Å². The second-order valence-electron chi connectivity index (χ2n) is 5.78. The van der Waals surface area contributed by atoms with Crippen molar-refractivity contribution < 1.29 is 4.79 Å². The summed E-state index contributed by atoms with van der Waals surface area (Å²) in [5.41, 5.74) is 7.97. The highest BCUT2D eigenvalue weighted by Gasteiger charge is 2.28. The molecule has 5 heteroatoms. The molecule has 1 aliphatic rings. The summed E-state index contributed by atoms with van der Waals surface area (Å²) >= 11 is 0. The van der Waals surface area contributed by atoms with Crippen LogP contribution >= 0.6 is 0 Å². The summed E-state index contributed by atoms with van der Waals surface area (Å²) in [6, 6.07) is 8.21. The van der Waals surface area contributed by atoms with Gasteiger partial charge in [-0.25, -0.2) is 0 Å². The fourth-order valence-electron chi connectivity index (χ4n) is 3.08. The van der Waals surface area contributed by atoms with Gasteiger partial charge in [0.1, 0.15) is 0 Å². The number of nitrogens with zero attached hydrogens (tertiary/aromatic N) is 2. The fourth-order valence-corrected chi connectivity index (χ4v) is 3.08. The average Bonchev–Trinajstić information content (AvgIpc) is 2.90. The Morgan fingerprint density at radius 1 is 1.38 bits per heavy atom. The van der Waals surface area contributed by atoms with Gasteiger partial charge in [0, 0.05) is 43.3 Å². The predicted molar refractivity (Wildman–Crippen MR) is 84.1 cm³/mol. The number of aromatic amines is 1. The number of rotatable bonds is 3. The highest BCUT2D eigenvalue weighted by atomic mass is 16.2. The van der Waals surface area contributed by atoms with Crippen molar-refractivity contribution >= 4 is 16.8 Å². The molecule has 2 aromatic rings. The van der Waals surface area contributed by atoms with Crippen LogP contribution in [0.4, 0.5) is 0 Å². The standard InChI is InChI=1S/C16H22N4O/c1-19-6-7-20(13(9-17)11-19)16(21)8-12-10-18-15-5-3-2-4-14(12)15/h2-5,10,13,18H,6-9,11,17H2,1H3. The Labute approximate surface area is 124 Å². The summed E-state index contributed by atoms with van der Waals surface area (Å²) in [5.74, 6) is 0.170. The molecule has 5 nitrogen and oxygen atoms in total. The van der Waals surface area contributed by atoms with E-state index in [4.69, 9.17) is 5.73 Å². The zero-order valence-corrected chi connectivity index (χ0v) is 12.4. The molecule has 1 aromatic heterocycles. The number of likely N-dealkylation sites (N-methyl/N-ethyl adjacent to an activating group) is 1. The topological polar surface area (TPSA) is 65.4 Å². The zero-order chi connectivity index (χ0) is 14.8. The minimum Gasteiger partial charge on any atom is -0.361 e. The summed E-state index contributed by atoms with van der Waals surface area (Å²) in [6.07, 6.45) is 2.38. The van der Waals surface area contributed by atoms with Crippen molar-refractivity contribution in [1.29, 1.82) is 0 Å².